The van der Waals surface area contributed by atoms with Crippen molar-refractivity contribution in [2.45, 2.75) is 30.0 Å². The molecular weight excluding hydrogens is 330 g/mol. The number of hydrogen-bond donors (Lipinski definition) is 0. The SMILES string of the molecule is C=CCN([C@H]1CCS(=O)(=O)C1)S(=O)(=O)c1ccc(CC)s1. The smallest absolute Gasteiger partial charge is 0.229 e. The van der Waals surface area contributed by atoms with Crippen molar-refractivity contribution in [3.05, 3.63) is 29.7 Å². The molecule has 0 N–H and O–H groups in total. The summed E-state index contributed by atoms with van der Waals surface area (Å²) in [6.07, 6.45) is 2.62. The summed E-state index contributed by atoms with van der Waals surface area (Å²) in [5.74, 6) is -0.0580. The zero-order chi connectivity index (χ0) is 15.7. The molecule has 118 valence electrons. The quantitative estimate of drug-likeness (QED) is 0.733. The maximum Gasteiger partial charge on any atom is 0.253 e. The molecule has 5 nitrogen and oxygen atoms in total. The third-order valence-corrected chi connectivity index (χ3v) is 8.84. The molecule has 1 saturated heterocycles. The molecule has 0 amide bonds. The molecule has 1 aromatic heterocycles. The molecule has 21 heavy (non-hydrogen) atoms. The highest BCUT2D eigenvalue weighted by Gasteiger charge is 2.38. The van der Waals surface area contributed by atoms with Crippen molar-refractivity contribution in [2.75, 3.05) is 18.1 Å². The predicted octanol–water partition coefficient (Wildman–Crippen LogP) is 1.67. The van der Waals surface area contributed by atoms with Crippen molar-refractivity contribution < 1.29 is 16.8 Å². The predicted molar refractivity (Wildman–Crippen MR) is 84.8 cm³/mol. The minimum absolute atomic E-state index is 0.0471. The Kier molecular flexibility index (Phi) is 4.92. The largest absolute Gasteiger partial charge is 0.253 e. The maximum absolute atomic E-state index is 12.7. The van der Waals surface area contributed by atoms with Crippen LogP contribution in [0.5, 0.6) is 0 Å². The number of rotatable bonds is 6. The Hall–Kier alpha value is -0.700. The lowest BCUT2D eigenvalue weighted by atomic mass is 10.2. The molecule has 0 bridgehead atoms. The monoisotopic (exact) mass is 349 g/mol. The fraction of sp³-hybridized carbons (Fsp3) is 0.538. The van der Waals surface area contributed by atoms with E-state index < -0.39 is 25.9 Å². The molecule has 0 radical (unpaired) electrons. The van der Waals surface area contributed by atoms with Gasteiger partial charge in [0.1, 0.15) is 4.21 Å². The first-order valence-corrected chi connectivity index (χ1v) is 10.8. The van der Waals surface area contributed by atoms with Crippen LogP contribution < -0.4 is 0 Å². The summed E-state index contributed by atoms with van der Waals surface area (Å²) in [4.78, 5) is 0.992. The van der Waals surface area contributed by atoms with Crippen LogP contribution in [0.25, 0.3) is 0 Å². The van der Waals surface area contributed by atoms with Crippen molar-refractivity contribution in [1.29, 1.82) is 0 Å². The van der Waals surface area contributed by atoms with E-state index >= 15 is 0 Å². The molecule has 0 aromatic carbocycles. The normalized spacial score (nSPS) is 21.7. The first-order chi connectivity index (χ1) is 9.80. The topological polar surface area (TPSA) is 71.5 Å². The molecule has 2 rings (SSSR count). The van der Waals surface area contributed by atoms with Gasteiger partial charge in [-0.3, -0.25) is 0 Å². The van der Waals surface area contributed by atoms with Gasteiger partial charge in [0.2, 0.25) is 0 Å². The number of thiophene rings is 1. The van der Waals surface area contributed by atoms with Crippen molar-refractivity contribution in [2.24, 2.45) is 0 Å². The Labute approximate surface area is 130 Å². The van der Waals surface area contributed by atoms with Crippen molar-refractivity contribution in [3.63, 3.8) is 0 Å². The van der Waals surface area contributed by atoms with Crippen LogP contribution in [-0.2, 0) is 26.3 Å². The summed E-state index contributed by atoms with van der Waals surface area (Å²) in [6.45, 7) is 5.68. The summed E-state index contributed by atoms with van der Waals surface area (Å²) >= 11 is 1.24. The second kappa shape index (κ2) is 6.20. The van der Waals surface area contributed by atoms with Gasteiger partial charge in [-0.05, 0) is 25.0 Å². The Morgan fingerprint density at radius 1 is 1.48 bits per heavy atom. The number of sulfone groups is 1. The second-order valence-electron chi connectivity index (χ2n) is 4.99. The van der Waals surface area contributed by atoms with Crippen molar-refractivity contribution in [1.82, 2.24) is 4.31 Å². The Morgan fingerprint density at radius 2 is 2.19 bits per heavy atom. The second-order valence-corrected chi connectivity index (χ2v) is 10.5. The zero-order valence-electron chi connectivity index (χ0n) is 11.9. The lowest BCUT2D eigenvalue weighted by molar-refractivity contribution is 0.368. The lowest BCUT2D eigenvalue weighted by Crippen LogP contribution is -2.40. The fourth-order valence-corrected chi connectivity index (χ4v) is 7.25. The van der Waals surface area contributed by atoms with Gasteiger partial charge in [-0.1, -0.05) is 13.0 Å². The van der Waals surface area contributed by atoms with Crippen molar-refractivity contribution in [3.8, 4) is 0 Å². The molecule has 0 unspecified atom stereocenters. The minimum Gasteiger partial charge on any atom is -0.229 e. The third-order valence-electron chi connectivity index (χ3n) is 3.47. The number of sulfonamides is 1. The van der Waals surface area contributed by atoms with Crippen LogP contribution in [0.2, 0.25) is 0 Å². The molecule has 1 fully saturated rings. The third kappa shape index (κ3) is 3.56. The van der Waals surface area contributed by atoms with E-state index in [1.165, 1.54) is 21.7 Å². The molecular formula is C13H19NO4S3. The molecule has 8 heteroatoms. The lowest BCUT2D eigenvalue weighted by Gasteiger charge is -2.25. The summed E-state index contributed by atoms with van der Waals surface area (Å²) in [7, 11) is -6.81. The van der Waals surface area contributed by atoms with E-state index in [2.05, 4.69) is 6.58 Å². The summed E-state index contributed by atoms with van der Waals surface area (Å²) in [5, 5.41) is 0. The zero-order valence-corrected chi connectivity index (χ0v) is 14.3. The van der Waals surface area contributed by atoms with Crippen LogP contribution in [0.15, 0.2) is 29.0 Å². The number of nitrogens with zero attached hydrogens (tertiary/aromatic N) is 1. The molecule has 1 aliphatic heterocycles. The summed E-state index contributed by atoms with van der Waals surface area (Å²) < 4.78 is 50.3. The highest BCUT2D eigenvalue weighted by molar-refractivity contribution is 7.92. The first kappa shape index (κ1) is 16.7. The van der Waals surface area contributed by atoms with Crippen molar-refractivity contribution >= 4 is 31.2 Å². The van der Waals surface area contributed by atoms with Gasteiger partial charge in [0.25, 0.3) is 10.0 Å². The van der Waals surface area contributed by atoms with E-state index in [9.17, 15) is 16.8 Å². The van der Waals surface area contributed by atoms with Gasteiger partial charge in [-0.2, -0.15) is 4.31 Å². The van der Waals surface area contributed by atoms with Crippen LogP contribution in [0.3, 0.4) is 0 Å². The van der Waals surface area contributed by atoms with Gasteiger partial charge in [0.15, 0.2) is 9.84 Å². The number of hydrogen-bond acceptors (Lipinski definition) is 5. The van der Waals surface area contributed by atoms with Crippen LogP contribution in [0, 0.1) is 0 Å². The molecule has 1 aliphatic rings. The highest BCUT2D eigenvalue weighted by atomic mass is 32.2. The molecule has 1 aromatic rings. The van der Waals surface area contributed by atoms with Gasteiger partial charge < -0.3 is 0 Å². The van der Waals surface area contributed by atoms with E-state index in [1.54, 1.807) is 12.1 Å². The highest BCUT2D eigenvalue weighted by Crippen LogP contribution is 2.29. The molecule has 0 aliphatic carbocycles. The first-order valence-electron chi connectivity index (χ1n) is 6.72. The Bertz CT molecular complexity index is 718. The van der Waals surface area contributed by atoms with E-state index in [0.29, 0.717) is 6.42 Å². The Balaban J connectivity index is 2.34. The molecule has 0 spiro atoms. The molecule has 0 saturated carbocycles. The van der Waals surface area contributed by atoms with Crippen LogP contribution in [0.4, 0.5) is 0 Å². The van der Waals surface area contributed by atoms with Gasteiger partial charge in [0.05, 0.1) is 11.5 Å². The minimum atomic E-state index is -3.67. The van der Waals surface area contributed by atoms with E-state index in [4.69, 9.17) is 0 Å². The van der Waals surface area contributed by atoms with E-state index in [0.717, 1.165) is 11.3 Å². The summed E-state index contributed by atoms with van der Waals surface area (Å²) in [6, 6.07) is 2.90. The Morgan fingerprint density at radius 3 is 2.67 bits per heavy atom. The van der Waals surface area contributed by atoms with E-state index in [-0.39, 0.29) is 22.3 Å². The van der Waals surface area contributed by atoms with Crippen LogP contribution in [0.1, 0.15) is 18.2 Å². The standard InChI is InChI=1S/C13H19NO4S3/c1-3-8-14(11-7-9-20(15,16)10-11)21(17,18)13-6-5-12(4-2)19-13/h3,5-6,11H,1,4,7-10H2,2H3/t11-/m0/s1. The fourth-order valence-electron chi connectivity index (χ4n) is 2.38. The molecule has 2 heterocycles. The average Bonchev–Trinajstić information content (AvgIpc) is 3.02. The maximum atomic E-state index is 12.7. The number of aryl methyl sites for hydroxylation is 1. The van der Waals surface area contributed by atoms with Gasteiger partial charge in [-0.25, -0.2) is 16.8 Å². The molecule has 1 atom stereocenters. The summed E-state index contributed by atoms with van der Waals surface area (Å²) in [5.41, 5.74) is 0. The van der Waals surface area contributed by atoms with Crippen LogP contribution in [-0.4, -0.2) is 45.2 Å². The van der Waals surface area contributed by atoms with E-state index in [1.807, 2.05) is 6.92 Å². The van der Waals surface area contributed by atoms with Gasteiger partial charge in [0, 0.05) is 17.5 Å². The van der Waals surface area contributed by atoms with Gasteiger partial charge in [-0.15, -0.1) is 17.9 Å². The van der Waals surface area contributed by atoms with Gasteiger partial charge >= 0.3 is 0 Å². The average molecular weight is 349 g/mol. The van der Waals surface area contributed by atoms with Crippen LogP contribution >= 0.6 is 11.3 Å².